The summed E-state index contributed by atoms with van der Waals surface area (Å²) < 4.78 is 25.6. The Hall–Kier alpha value is -6.36. The fraction of sp³-hybridized carbons (Fsp3) is 0.667. The monoisotopic (exact) mass is 860 g/mol. The maximum atomic E-state index is 13.1. The van der Waals surface area contributed by atoms with E-state index >= 15 is 0 Å². The van der Waals surface area contributed by atoms with Gasteiger partial charge in [0, 0.05) is 25.7 Å². The lowest BCUT2D eigenvalue weighted by Crippen LogP contribution is -2.43. The maximum absolute atomic E-state index is 13.1. The van der Waals surface area contributed by atoms with Crippen molar-refractivity contribution in [2.75, 3.05) is 39.6 Å². The molecule has 0 bridgehead atoms. The molecule has 0 aliphatic rings. The highest BCUT2D eigenvalue weighted by Gasteiger charge is 2.24. The number of benzene rings is 1. The zero-order valence-corrected chi connectivity index (χ0v) is 33.3. The Morgan fingerprint density at radius 3 is 1.57 bits per heavy atom. The normalized spacial score (nSPS) is 11.5. The van der Waals surface area contributed by atoms with Crippen LogP contribution in [-0.2, 0) is 68.6 Å². The Bertz CT molecular complexity index is 1530. The molecule has 1 N–H and O–H groups in total. The Balaban J connectivity index is 2.49. The lowest BCUT2D eigenvalue weighted by Gasteiger charge is -2.18. The molecule has 1 amide bonds. The van der Waals surface area contributed by atoms with Crippen LogP contribution in [0.4, 0.5) is 0 Å². The van der Waals surface area contributed by atoms with Gasteiger partial charge in [-0.3, -0.25) is 14.4 Å². The lowest BCUT2D eigenvalue weighted by molar-refractivity contribution is -0.757. The highest BCUT2D eigenvalue weighted by molar-refractivity contribution is 5.85. The van der Waals surface area contributed by atoms with E-state index in [4.69, 9.17) is 23.7 Å². The molecule has 2 atom stereocenters. The third-order valence-electron chi connectivity index (χ3n) is 7.93. The van der Waals surface area contributed by atoms with Gasteiger partial charge in [-0.25, -0.2) is 14.4 Å². The van der Waals surface area contributed by atoms with Crippen molar-refractivity contribution in [3.05, 3.63) is 60.2 Å². The summed E-state index contributed by atoms with van der Waals surface area (Å²) in [5, 5.41) is 30.3. The Labute approximate surface area is 344 Å². The van der Waals surface area contributed by atoms with Crippen LogP contribution in [0, 0.1) is 30.3 Å². The van der Waals surface area contributed by atoms with Crippen LogP contribution in [0.2, 0.25) is 0 Å². The van der Waals surface area contributed by atoms with Crippen LogP contribution in [-0.4, -0.2) is 103 Å². The van der Waals surface area contributed by atoms with E-state index in [1.54, 1.807) is 0 Å². The van der Waals surface area contributed by atoms with E-state index in [1.807, 2.05) is 0 Å². The Kier molecular flexibility index (Phi) is 27.2. The first-order chi connectivity index (χ1) is 28.7. The summed E-state index contributed by atoms with van der Waals surface area (Å²) in [7, 11) is 0. The van der Waals surface area contributed by atoms with Gasteiger partial charge in [-0.05, 0) is 88.8 Å². The smallest absolute Gasteiger partial charge is 0.352 e. The van der Waals surface area contributed by atoms with E-state index < -0.39 is 57.8 Å². The minimum absolute atomic E-state index is 0.00491. The van der Waals surface area contributed by atoms with E-state index in [0.29, 0.717) is 76.2 Å². The van der Waals surface area contributed by atoms with Gasteiger partial charge in [-0.1, -0.05) is 18.6 Å². The number of carbonyl (C=O) groups excluding carboxylic acids is 6. The number of amides is 1. The quantitative estimate of drug-likeness (QED) is 0.0255. The number of unbranched alkanes of at least 4 members (excludes halogenated alkanes) is 7. The lowest BCUT2D eigenvalue weighted by atomic mass is 10.1. The predicted octanol–water partition coefficient (Wildman–Crippen LogP) is 3.27. The number of esters is 5. The van der Waals surface area contributed by atoms with Gasteiger partial charge >= 0.3 is 29.8 Å². The fourth-order valence-corrected chi connectivity index (χ4v) is 4.91. The van der Waals surface area contributed by atoms with Gasteiger partial charge in [0.05, 0.1) is 33.0 Å². The molecule has 0 aliphatic carbocycles. The summed E-state index contributed by atoms with van der Waals surface area (Å²) in [5.41, 5.74) is 0.541. The largest absolute Gasteiger partial charge is 0.466 e. The molecule has 0 heterocycles. The highest BCUT2D eigenvalue weighted by atomic mass is 17.0. The van der Waals surface area contributed by atoms with Crippen molar-refractivity contribution in [2.45, 2.75) is 115 Å². The molecule has 0 saturated carbocycles. The number of carbonyl (C=O) groups is 6. The summed E-state index contributed by atoms with van der Waals surface area (Å²) in [5.74, 6) is -4.04. The van der Waals surface area contributed by atoms with Crippen LogP contribution >= 0.6 is 0 Å². The average Bonchev–Trinajstić information content (AvgIpc) is 3.19. The third kappa shape index (κ3) is 28.1. The topological polar surface area (TPSA) is 318 Å². The van der Waals surface area contributed by atoms with Crippen molar-refractivity contribution >= 4 is 35.8 Å². The molecule has 0 aromatic heterocycles. The number of hydrogen-bond acceptors (Lipinski definition) is 20. The van der Waals surface area contributed by atoms with Crippen LogP contribution in [0.1, 0.15) is 102 Å². The molecule has 60 heavy (non-hydrogen) atoms. The standard InChI is InChI=1S/C36H52N4O20/c1-27(59-34(44)26-58-40(51)52)35(45)60-29-18-16-28(17-19-29)25-30(37-31(41)13-5-2-10-23-56-38(47)48)36(46)55-22-9-4-7-15-32(42)53-20-8-3-6-14-33(43)54-21-11-12-24-57-39(49)50/h16-19,27,30H,2-15,20-26H2,1H3,(H,37,41). The third-order valence-corrected chi connectivity index (χ3v) is 7.93. The molecular formula is C36H52N4O20. The first-order valence-electron chi connectivity index (χ1n) is 19.3. The van der Waals surface area contributed by atoms with Crippen LogP contribution in [0.3, 0.4) is 0 Å². The van der Waals surface area contributed by atoms with Gasteiger partial charge in [0.2, 0.25) is 5.91 Å². The SMILES string of the molecule is CC(OC(=O)CO[N+](=O)[O-])C(=O)Oc1ccc(CC(NC(=O)CCCCCO[N+](=O)[O-])C(=O)OCCCCCC(=O)OCCCCCC(=O)OCCCCO[N+](=O)[O-])cc1. The molecular weight excluding hydrogens is 808 g/mol. The molecule has 0 fully saturated rings. The first kappa shape index (κ1) is 51.7. The second kappa shape index (κ2) is 31.6. The first-order valence-corrected chi connectivity index (χ1v) is 19.3. The number of nitrogens with one attached hydrogen (secondary N) is 1. The molecule has 24 heteroatoms. The maximum Gasteiger partial charge on any atom is 0.352 e. The molecule has 2 unspecified atom stereocenters. The van der Waals surface area contributed by atoms with Crippen LogP contribution in [0.5, 0.6) is 5.75 Å². The molecule has 0 saturated heterocycles. The van der Waals surface area contributed by atoms with Gasteiger partial charge in [0.15, 0.2) is 12.7 Å². The van der Waals surface area contributed by atoms with Gasteiger partial charge < -0.3 is 43.5 Å². The summed E-state index contributed by atoms with van der Waals surface area (Å²) in [4.78, 5) is 116. The van der Waals surface area contributed by atoms with Crippen molar-refractivity contribution in [3.63, 3.8) is 0 Å². The Morgan fingerprint density at radius 2 is 1.03 bits per heavy atom. The zero-order chi connectivity index (χ0) is 44.5. The number of rotatable bonds is 35. The predicted molar refractivity (Wildman–Crippen MR) is 200 cm³/mol. The van der Waals surface area contributed by atoms with E-state index in [1.165, 1.54) is 31.2 Å². The minimum atomic E-state index is -1.41. The number of hydrogen-bond donors (Lipinski definition) is 1. The molecule has 1 rings (SSSR count). The second-order valence-corrected chi connectivity index (χ2v) is 12.9. The number of nitrogens with zero attached hydrogens (tertiary/aromatic N) is 3. The van der Waals surface area contributed by atoms with E-state index in [-0.39, 0.29) is 76.4 Å². The van der Waals surface area contributed by atoms with E-state index in [9.17, 15) is 59.1 Å². The molecule has 24 nitrogen and oxygen atoms in total. The van der Waals surface area contributed by atoms with Gasteiger partial charge in [-0.2, -0.15) is 0 Å². The molecule has 0 radical (unpaired) electrons. The van der Waals surface area contributed by atoms with Gasteiger partial charge in [-0.15, -0.1) is 30.3 Å². The fourth-order valence-electron chi connectivity index (χ4n) is 4.91. The molecule has 1 aromatic rings. The van der Waals surface area contributed by atoms with Crippen LogP contribution < -0.4 is 10.1 Å². The summed E-state index contributed by atoms with van der Waals surface area (Å²) >= 11 is 0. The van der Waals surface area contributed by atoms with Crippen LogP contribution in [0.15, 0.2) is 24.3 Å². The van der Waals surface area contributed by atoms with Crippen molar-refractivity contribution < 1.29 is 82.2 Å². The van der Waals surface area contributed by atoms with Gasteiger partial charge in [0.25, 0.3) is 15.3 Å². The Morgan fingerprint density at radius 1 is 0.567 bits per heavy atom. The molecule has 336 valence electrons. The second-order valence-electron chi connectivity index (χ2n) is 12.9. The van der Waals surface area contributed by atoms with E-state index in [2.05, 4.69) is 19.8 Å². The average molecular weight is 861 g/mol. The zero-order valence-electron chi connectivity index (χ0n) is 33.3. The molecule has 0 spiro atoms. The molecule has 0 aliphatic heterocycles. The number of ether oxygens (including phenoxy) is 5. The van der Waals surface area contributed by atoms with Crippen LogP contribution in [0.25, 0.3) is 0 Å². The summed E-state index contributed by atoms with van der Waals surface area (Å²) in [6.45, 7) is 0.360. The highest BCUT2D eigenvalue weighted by Crippen LogP contribution is 2.16. The van der Waals surface area contributed by atoms with Crippen molar-refractivity contribution in [3.8, 4) is 5.75 Å². The van der Waals surface area contributed by atoms with Crippen molar-refractivity contribution in [1.29, 1.82) is 0 Å². The molecule has 1 aromatic carbocycles. The minimum Gasteiger partial charge on any atom is -0.466 e. The summed E-state index contributed by atoms with van der Waals surface area (Å²) in [6.07, 6.45) is 4.16. The van der Waals surface area contributed by atoms with Crippen molar-refractivity contribution in [1.82, 2.24) is 5.32 Å². The summed E-state index contributed by atoms with van der Waals surface area (Å²) in [6, 6.07) is 4.73. The van der Waals surface area contributed by atoms with E-state index in [0.717, 1.165) is 0 Å². The van der Waals surface area contributed by atoms with Gasteiger partial charge in [0.1, 0.15) is 11.8 Å². The van der Waals surface area contributed by atoms with Crippen molar-refractivity contribution in [2.24, 2.45) is 0 Å².